The van der Waals surface area contributed by atoms with Crippen molar-refractivity contribution in [2.75, 3.05) is 31.1 Å². The summed E-state index contributed by atoms with van der Waals surface area (Å²) in [7, 11) is -2.84. The Kier molecular flexibility index (Phi) is 5.07. The molecule has 6 heteroatoms. The summed E-state index contributed by atoms with van der Waals surface area (Å²) in [6.45, 7) is 3.76. The van der Waals surface area contributed by atoms with Gasteiger partial charge in [0.2, 0.25) is 0 Å². The molecule has 0 spiro atoms. The number of carbonyl (C=O) groups is 1. The molecule has 2 fully saturated rings. The molecule has 0 atom stereocenters. The Hall–Kier alpha value is -0.620. The second kappa shape index (κ2) is 6.43. The lowest BCUT2D eigenvalue weighted by molar-refractivity contribution is -0.160. The van der Waals surface area contributed by atoms with Crippen molar-refractivity contribution in [1.82, 2.24) is 4.90 Å². The Morgan fingerprint density at radius 2 is 1.80 bits per heavy atom. The Labute approximate surface area is 121 Å². The van der Waals surface area contributed by atoms with E-state index in [1.165, 1.54) is 0 Å². The molecular formula is C14H25NO4S. The summed E-state index contributed by atoms with van der Waals surface area (Å²) in [6.07, 6.45) is 5.51. The van der Waals surface area contributed by atoms with E-state index in [1.54, 1.807) is 0 Å². The highest BCUT2D eigenvalue weighted by Gasteiger charge is 2.35. The molecule has 1 saturated heterocycles. The zero-order valence-electron chi connectivity index (χ0n) is 12.3. The molecule has 116 valence electrons. The predicted octanol–water partition coefficient (Wildman–Crippen LogP) is 1.37. The highest BCUT2D eigenvalue weighted by atomic mass is 32.2. The number of hydrogen-bond donors (Lipinski definition) is 0. The third-order valence-electron chi connectivity index (χ3n) is 4.56. The molecular weight excluding hydrogens is 278 g/mol. The van der Waals surface area contributed by atoms with Crippen molar-refractivity contribution in [3.63, 3.8) is 0 Å². The van der Waals surface area contributed by atoms with E-state index in [1.807, 2.05) is 4.90 Å². The van der Waals surface area contributed by atoms with E-state index in [-0.39, 0.29) is 23.1 Å². The summed E-state index contributed by atoms with van der Waals surface area (Å²) >= 11 is 0. The number of carbonyl (C=O) groups excluding carboxylic acids is 1. The SMILES string of the molecule is CCC1(OC(=O)CCN2CCS(=O)(=O)CC2)CCCC1. The maximum Gasteiger partial charge on any atom is 0.307 e. The highest BCUT2D eigenvalue weighted by molar-refractivity contribution is 7.91. The Balaban J connectivity index is 1.73. The summed E-state index contributed by atoms with van der Waals surface area (Å²) < 4.78 is 28.4. The molecule has 1 aliphatic carbocycles. The maximum atomic E-state index is 12.0. The molecule has 2 aliphatic rings. The molecule has 2 rings (SSSR count). The molecule has 0 unspecified atom stereocenters. The molecule has 0 N–H and O–H groups in total. The van der Waals surface area contributed by atoms with Crippen LogP contribution in [0.2, 0.25) is 0 Å². The second-order valence-corrected chi connectivity index (χ2v) is 8.26. The summed E-state index contributed by atoms with van der Waals surface area (Å²) in [5.74, 6) is 0.282. The van der Waals surface area contributed by atoms with Crippen LogP contribution in [-0.4, -0.2) is 56.0 Å². The van der Waals surface area contributed by atoms with E-state index in [2.05, 4.69) is 6.92 Å². The largest absolute Gasteiger partial charge is 0.459 e. The predicted molar refractivity (Wildman–Crippen MR) is 77.3 cm³/mol. The monoisotopic (exact) mass is 303 g/mol. The zero-order chi connectivity index (χ0) is 14.6. The van der Waals surface area contributed by atoms with E-state index in [4.69, 9.17) is 4.74 Å². The van der Waals surface area contributed by atoms with Gasteiger partial charge in [0.25, 0.3) is 0 Å². The number of sulfone groups is 1. The second-order valence-electron chi connectivity index (χ2n) is 5.96. The average molecular weight is 303 g/mol. The van der Waals surface area contributed by atoms with E-state index < -0.39 is 9.84 Å². The first-order valence-corrected chi connectivity index (χ1v) is 9.41. The number of ether oxygens (including phenoxy) is 1. The topological polar surface area (TPSA) is 63.7 Å². The van der Waals surface area contributed by atoms with Gasteiger partial charge in [-0.3, -0.25) is 4.79 Å². The van der Waals surface area contributed by atoms with E-state index in [0.29, 0.717) is 26.1 Å². The van der Waals surface area contributed by atoms with Gasteiger partial charge in [-0.1, -0.05) is 6.92 Å². The molecule has 0 radical (unpaired) electrons. The van der Waals surface area contributed by atoms with Gasteiger partial charge in [0.1, 0.15) is 5.60 Å². The summed E-state index contributed by atoms with van der Waals surface area (Å²) in [5, 5.41) is 0. The van der Waals surface area contributed by atoms with E-state index in [0.717, 1.165) is 32.1 Å². The number of hydrogen-bond acceptors (Lipinski definition) is 5. The number of nitrogens with zero attached hydrogens (tertiary/aromatic N) is 1. The fourth-order valence-electron chi connectivity index (χ4n) is 3.06. The van der Waals surface area contributed by atoms with Gasteiger partial charge in [-0.2, -0.15) is 0 Å². The van der Waals surface area contributed by atoms with Crippen molar-refractivity contribution in [2.24, 2.45) is 0 Å². The number of esters is 1. The van der Waals surface area contributed by atoms with Gasteiger partial charge in [-0.05, 0) is 32.1 Å². The molecule has 5 nitrogen and oxygen atoms in total. The smallest absolute Gasteiger partial charge is 0.307 e. The van der Waals surface area contributed by atoms with Gasteiger partial charge in [-0.15, -0.1) is 0 Å². The molecule has 0 bridgehead atoms. The van der Waals surface area contributed by atoms with Gasteiger partial charge >= 0.3 is 5.97 Å². The third-order valence-corrected chi connectivity index (χ3v) is 6.17. The molecule has 0 amide bonds. The van der Waals surface area contributed by atoms with Crippen LogP contribution in [0.25, 0.3) is 0 Å². The van der Waals surface area contributed by atoms with Crippen LogP contribution in [-0.2, 0) is 19.4 Å². The van der Waals surface area contributed by atoms with Crippen LogP contribution in [0, 0.1) is 0 Å². The highest BCUT2D eigenvalue weighted by Crippen LogP contribution is 2.36. The van der Waals surface area contributed by atoms with E-state index >= 15 is 0 Å². The standard InChI is InChI=1S/C14H25NO4S/c1-2-14(6-3-4-7-14)19-13(16)5-8-15-9-11-20(17,18)12-10-15/h2-12H2,1H3. The van der Waals surface area contributed by atoms with Crippen molar-refractivity contribution < 1.29 is 17.9 Å². The van der Waals surface area contributed by atoms with Crippen molar-refractivity contribution in [3.05, 3.63) is 0 Å². The first-order chi connectivity index (χ1) is 9.45. The minimum atomic E-state index is -2.84. The van der Waals surface area contributed by atoms with Crippen molar-refractivity contribution in [1.29, 1.82) is 0 Å². The van der Waals surface area contributed by atoms with Gasteiger partial charge in [-0.25, -0.2) is 8.42 Å². The fraction of sp³-hybridized carbons (Fsp3) is 0.929. The summed E-state index contributed by atoms with van der Waals surface area (Å²) in [4.78, 5) is 14.0. The van der Waals surface area contributed by atoms with Gasteiger partial charge in [0, 0.05) is 19.6 Å². The van der Waals surface area contributed by atoms with Crippen molar-refractivity contribution >= 4 is 15.8 Å². The molecule has 20 heavy (non-hydrogen) atoms. The number of rotatable bonds is 5. The van der Waals surface area contributed by atoms with Crippen molar-refractivity contribution in [2.45, 2.75) is 51.0 Å². The van der Waals surface area contributed by atoms with Crippen LogP contribution >= 0.6 is 0 Å². The van der Waals surface area contributed by atoms with Crippen LogP contribution in [0.1, 0.15) is 45.4 Å². The van der Waals surface area contributed by atoms with Crippen LogP contribution in [0.4, 0.5) is 0 Å². The third kappa shape index (κ3) is 4.19. The maximum absolute atomic E-state index is 12.0. The first-order valence-electron chi connectivity index (χ1n) is 7.59. The normalized spacial score (nSPS) is 25.4. The van der Waals surface area contributed by atoms with Gasteiger partial charge in [0.05, 0.1) is 17.9 Å². The van der Waals surface area contributed by atoms with Crippen LogP contribution in [0.15, 0.2) is 0 Å². The molecule has 1 heterocycles. The zero-order valence-corrected chi connectivity index (χ0v) is 13.1. The minimum absolute atomic E-state index is 0.137. The lowest BCUT2D eigenvalue weighted by Gasteiger charge is -2.29. The average Bonchev–Trinajstić information content (AvgIpc) is 2.86. The Morgan fingerprint density at radius 3 is 2.35 bits per heavy atom. The summed E-state index contributed by atoms with van der Waals surface area (Å²) in [5.41, 5.74) is -0.220. The minimum Gasteiger partial charge on any atom is -0.459 e. The quantitative estimate of drug-likeness (QED) is 0.718. The molecule has 0 aromatic carbocycles. The van der Waals surface area contributed by atoms with Gasteiger partial charge in [0.15, 0.2) is 9.84 Å². The molecule has 1 aliphatic heterocycles. The van der Waals surface area contributed by atoms with Gasteiger partial charge < -0.3 is 9.64 Å². The lowest BCUT2D eigenvalue weighted by Crippen LogP contribution is -2.41. The Bertz CT molecular complexity index is 426. The Morgan fingerprint density at radius 1 is 1.20 bits per heavy atom. The fourth-order valence-corrected chi connectivity index (χ4v) is 4.34. The lowest BCUT2D eigenvalue weighted by atomic mass is 9.99. The van der Waals surface area contributed by atoms with E-state index in [9.17, 15) is 13.2 Å². The van der Waals surface area contributed by atoms with Crippen LogP contribution in [0.3, 0.4) is 0 Å². The molecule has 0 aromatic rings. The summed E-state index contributed by atoms with van der Waals surface area (Å²) in [6, 6.07) is 0. The first kappa shape index (κ1) is 15.8. The molecule has 1 saturated carbocycles. The van der Waals surface area contributed by atoms with Crippen LogP contribution in [0.5, 0.6) is 0 Å². The van der Waals surface area contributed by atoms with Crippen molar-refractivity contribution in [3.8, 4) is 0 Å². The van der Waals surface area contributed by atoms with Crippen LogP contribution < -0.4 is 0 Å². The molecule has 0 aromatic heterocycles.